The summed E-state index contributed by atoms with van der Waals surface area (Å²) in [6.45, 7) is 13.0. The fraction of sp³-hybridized carbons (Fsp3) is 0.278. The normalized spacial score (nSPS) is 16.0. The standard InChI is InChI=1S/C18H18FN.C18H19N/c1-18(2,3)17-13-9-5-4-8-12(13)16(19)14-10-6-7-11-15(14)20-17;1-18(2,3)17-15-10-6-4-8-13(15)12-14-9-5-7-11-16(14)19-17/h4-11,16H,1-3H3;4-11H,12H2,1-3H3. The van der Waals surface area contributed by atoms with Crippen LogP contribution in [0.15, 0.2) is 107 Å². The maximum absolute atomic E-state index is 14.9. The van der Waals surface area contributed by atoms with Crippen LogP contribution in [0.4, 0.5) is 15.8 Å². The highest BCUT2D eigenvalue weighted by molar-refractivity contribution is 6.08. The van der Waals surface area contributed by atoms with E-state index in [2.05, 4.69) is 90.1 Å². The summed E-state index contributed by atoms with van der Waals surface area (Å²) in [7, 11) is 0. The van der Waals surface area contributed by atoms with Gasteiger partial charge in [0.2, 0.25) is 0 Å². The highest BCUT2D eigenvalue weighted by atomic mass is 19.1. The predicted octanol–water partition coefficient (Wildman–Crippen LogP) is 9.98. The van der Waals surface area contributed by atoms with Crippen molar-refractivity contribution >= 4 is 22.8 Å². The SMILES string of the molecule is CC(C)(C)C1=Nc2ccccc2C(F)c2ccccc21.CC(C)(C)C1=Nc2ccccc2Cc2ccccc21. The van der Waals surface area contributed by atoms with Crippen LogP contribution >= 0.6 is 0 Å². The summed E-state index contributed by atoms with van der Waals surface area (Å²) in [5.74, 6) is 0. The second-order valence-corrected chi connectivity index (χ2v) is 12.4. The highest BCUT2D eigenvalue weighted by Gasteiger charge is 2.30. The van der Waals surface area contributed by atoms with E-state index in [-0.39, 0.29) is 10.8 Å². The number of hydrogen-bond donors (Lipinski definition) is 0. The van der Waals surface area contributed by atoms with E-state index < -0.39 is 6.17 Å². The molecule has 0 fully saturated rings. The van der Waals surface area contributed by atoms with Crippen molar-refractivity contribution in [3.8, 4) is 0 Å². The van der Waals surface area contributed by atoms with Crippen LogP contribution in [0.1, 0.15) is 81.1 Å². The molecule has 0 saturated carbocycles. The Labute approximate surface area is 232 Å². The summed E-state index contributed by atoms with van der Waals surface area (Å²) in [6.07, 6.45) is -0.152. The Morgan fingerprint density at radius 3 is 1.67 bits per heavy atom. The van der Waals surface area contributed by atoms with Gasteiger partial charge >= 0.3 is 0 Å². The molecule has 2 heterocycles. The van der Waals surface area contributed by atoms with Gasteiger partial charge in [-0.05, 0) is 28.8 Å². The van der Waals surface area contributed by atoms with Crippen LogP contribution in [0.3, 0.4) is 0 Å². The van der Waals surface area contributed by atoms with E-state index in [4.69, 9.17) is 9.98 Å². The summed E-state index contributed by atoms with van der Waals surface area (Å²) in [5.41, 5.74) is 10.2. The van der Waals surface area contributed by atoms with E-state index in [0.29, 0.717) is 11.1 Å². The minimum Gasteiger partial charge on any atom is -0.252 e. The molecular weight excluding hydrogens is 479 g/mol. The Bertz CT molecular complexity index is 1560. The van der Waals surface area contributed by atoms with Gasteiger partial charge in [-0.1, -0.05) is 126 Å². The summed E-state index contributed by atoms with van der Waals surface area (Å²) < 4.78 is 14.9. The molecule has 39 heavy (non-hydrogen) atoms. The molecule has 6 rings (SSSR count). The average Bonchev–Trinajstić information content (AvgIpc) is 3.16. The first-order chi connectivity index (χ1) is 18.5. The molecule has 0 aromatic heterocycles. The number of aliphatic imine (C=N–C) groups is 2. The van der Waals surface area contributed by atoms with Gasteiger partial charge in [0.25, 0.3) is 0 Å². The van der Waals surface area contributed by atoms with Crippen LogP contribution in [0.2, 0.25) is 0 Å². The summed E-state index contributed by atoms with van der Waals surface area (Å²) in [4.78, 5) is 9.75. The number of fused-ring (bicyclic) bond motifs is 4. The fourth-order valence-electron chi connectivity index (χ4n) is 5.29. The molecule has 0 spiro atoms. The second-order valence-electron chi connectivity index (χ2n) is 12.4. The minimum atomic E-state index is -1.12. The largest absolute Gasteiger partial charge is 0.252 e. The number of benzene rings is 4. The van der Waals surface area contributed by atoms with Crippen molar-refractivity contribution in [3.05, 3.63) is 130 Å². The van der Waals surface area contributed by atoms with Gasteiger partial charge in [-0.3, -0.25) is 9.98 Å². The zero-order valence-corrected chi connectivity index (χ0v) is 23.8. The third-order valence-electron chi connectivity index (χ3n) is 7.23. The molecule has 3 heteroatoms. The molecule has 2 aliphatic heterocycles. The maximum atomic E-state index is 14.9. The van der Waals surface area contributed by atoms with Crippen molar-refractivity contribution in [2.24, 2.45) is 20.8 Å². The molecule has 198 valence electrons. The molecule has 1 atom stereocenters. The van der Waals surface area contributed by atoms with Gasteiger partial charge in [0.1, 0.15) is 0 Å². The quantitative estimate of drug-likeness (QED) is 0.222. The van der Waals surface area contributed by atoms with Gasteiger partial charge < -0.3 is 0 Å². The molecule has 4 aromatic rings. The molecular formula is C36H37FN2. The van der Waals surface area contributed by atoms with E-state index >= 15 is 0 Å². The lowest BCUT2D eigenvalue weighted by Gasteiger charge is -2.22. The number of rotatable bonds is 0. The summed E-state index contributed by atoms with van der Waals surface area (Å²) in [6, 6.07) is 32.3. The van der Waals surface area contributed by atoms with Crippen LogP contribution in [0.5, 0.6) is 0 Å². The Hall–Kier alpha value is -3.85. The Morgan fingerprint density at radius 1 is 0.538 bits per heavy atom. The molecule has 4 aromatic carbocycles. The van der Waals surface area contributed by atoms with Crippen LogP contribution in [-0.4, -0.2) is 11.4 Å². The highest BCUT2D eigenvalue weighted by Crippen LogP contribution is 2.41. The molecule has 0 amide bonds. The number of alkyl halides is 1. The summed E-state index contributed by atoms with van der Waals surface area (Å²) >= 11 is 0. The number of para-hydroxylation sites is 2. The lowest BCUT2D eigenvalue weighted by atomic mass is 9.83. The first-order valence-electron chi connectivity index (χ1n) is 13.7. The topological polar surface area (TPSA) is 24.7 Å². The third-order valence-corrected chi connectivity index (χ3v) is 7.23. The molecule has 0 saturated heterocycles. The van der Waals surface area contributed by atoms with Crippen molar-refractivity contribution in [3.63, 3.8) is 0 Å². The average molecular weight is 517 g/mol. The Balaban J connectivity index is 0.000000158. The smallest absolute Gasteiger partial charge is 0.153 e. The minimum absolute atomic E-state index is 0.0492. The zero-order chi connectivity index (χ0) is 27.8. The van der Waals surface area contributed by atoms with Crippen LogP contribution in [0, 0.1) is 10.8 Å². The molecule has 0 N–H and O–H groups in total. The molecule has 2 aliphatic rings. The van der Waals surface area contributed by atoms with E-state index in [0.717, 1.165) is 29.1 Å². The molecule has 1 unspecified atom stereocenters. The van der Waals surface area contributed by atoms with Crippen molar-refractivity contribution in [2.75, 3.05) is 0 Å². The summed E-state index contributed by atoms with van der Waals surface area (Å²) in [5, 5.41) is 0. The molecule has 0 bridgehead atoms. The Kier molecular flexibility index (Phi) is 7.11. The van der Waals surface area contributed by atoms with Gasteiger partial charge in [-0.2, -0.15) is 0 Å². The van der Waals surface area contributed by atoms with Crippen LogP contribution in [0.25, 0.3) is 0 Å². The maximum Gasteiger partial charge on any atom is 0.153 e. The van der Waals surface area contributed by atoms with Crippen LogP contribution in [-0.2, 0) is 6.42 Å². The van der Waals surface area contributed by atoms with Crippen molar-refractivity contribution in [2.45, 2.75) is 54.1 Å². The monoisotopic (exact) mass is 516 g/mol. The van der Waals surface area contributed by atoms with E-state index in [1.54, 1.807) is 0 Å². The van der Waals surface area contributed by atoms with Crippen LogP contribution < -0.4 is 0 Å². The molecule has 0 radical (unpaired) electrons. The van der Waals surface area contributed by atoms with Gasteiger partial charge in [0.05, 0.1) is 22.8 Å². The lowest BCUT2D eigenvalue weighted by Crippen LogP contribution is -2.22. The lowest BCUT2D eigenvalue weighted by molar-refractivity contribution is 0.403. The first-order valence-corrected chi connectivity index (χ1v) is 13.7. The van der Waals surface area contributed by atoms with E-state index in [9.17, 15) is 4.39 Å². The van der Waals surface area contributed by atoms with E-state index in [1.807, 2.05) is 48.5 Å². The van der Waals surface area contributed by atoms with Gasteiger partial charge in [0.15, 0.2) is 6.17 Å². The predicted molar refractivity (Wildman–Crippen MR) is 163 cm³/mol. The molecule has 2 nitrogen and oxygen atoms in total. The number of nitrogens with zero attached hydrogens (tertiary/aromatic N) is 2. The molecule has 0 aliphatic carbocycles. The third kappa shape index (κ3) is 5.49. The van der Waals surface area contributed by atoms with E-state index in [1.165, 1.54) is 22.4 Å². The van der Waals surface area contributed by atoms with Gasteiger partial charge in [0, 0.05) is 33.9 Å². The van der Waals surface area contributed by atoms with Crippen molar-refractivity contribution in [1.29, 1.82) is 0 Å². The second kappa shape index (κ2) is 10.4. The van der Waals surface area contributed by atoms with Crippen molar-refractivity contribution < 1.29 is 4.39 Å². The fourth-order valence-corrected chi connectivity index (χ4v) is 5.29. The van der Waals surface area contributed by atoms with Gasteiger partial charge in [-0.25, -0.2) is 4.39 Å². The first kappa shape index (κ1) is 26.7. The number of halogens is 1. The van der Waals surface area contributed by atoms with Crippen molar-refractivity contribution in [1.82, 2.24) is 0 Å². The Morgan fingerprint density at radius 2 is 1.00 bits per heavy atom. The number of hydrogen-bond acceptors (Lipinski definition) is 2. The van der Waals surface area contributed by atoms with Gasteiger partial charge in [-0.15, -0.1) is 0 Å². The zero-order valence-electron chi connectivity index (χ0n) is 23.8.